The Hall–Kier alpha value is -3.10. The van der Waals surface area contributed by atoms with E-state index in [4.69, 9.17) is 5.73 Å². The Morgan fingerprint density at radius 3 is 3.00 bits per heavy atom. The molecule has 1 aliphatic heterocycles. The van der Waals surface area contributed by atoms with Gasteiger partial charge in [-0.05, 0) is 24.6 Å². The number of nitrogen functional groups attached to an aromatic ring is 1. The monoisotopic (exact) mass is 329 g/mol. The van der Waals surface area contributed by atoms with E-state index in [9.17, 15) is 9.59 Å². The average molecular weight is 329 g/mol. The number of urea groups is 1. The van der Waals surface area contributed by atoms with Gasteiger partial charge in [0.15, 0.2) is 0 Å². The highest BCUT2D eigenvalue weighted by molar-refractivity contribution is 5.96. The van der Waals surface area contributed by atoms with E-state index >= 15 is 0 Å². The van der Waals surface area contributed by atoms with Crippen LogP contribution in [0.3, 0.4) is 0 Å². The van der Waals surface area contributed by atoms with Crippen LogP contribution in [0.1, 0.15) is 18.7 Å². The molecule has 0 atom stereocenters. The topological polar surface area (TPSA) is 129 Å². The van der Waals surface area contributed by atoms with Crippen LogP contribution in [0.5, 0.6) is 0 Å². The number of benzene rings is 1. The zero-order valence-corrected chi connectivity index (χ0v) is 13.1. The predicted octanol–water partition coefficient (Wildman–Crippen LogP) is 0.878. The molecule has 0 bridgehead atoms. The van der Waals surface area contributed by atoms with Crippen LogP contribution in [0.4, 0.5) is 22.1 Å². The molecule has 1 saturated heterocycles. The standard InChI is InChI=1S/C15H19N7O2/c16-14-19-12(20-21-14)6-7-17-15(24)18-10-3-1-4-11(9-10)22-8-2-5-13(22)23/h1,3-4,9H,2,5-8H2,(H2,17,18,24)(H3,16,19,20,21). The molecule has 24 heavy (non-hydrogen) atoms. The quantitative estimate of drug-likeness (QED) is 0.647. The molecule has 2 aromatic rings. The van der Waals surface area contributed by atoms with Gasteiger partial charge in [0, 0.05) is 37.3 Å². The minimum Gasteiger partial charge on any atom is -0.367 e. The van der Waals surface area contributed by atoms with Crippen LogP contribution in [0.15, 0.2) is 24.3 Å². The Balaban J connectivity index is 1.51. The van der Waals surface area contributed by atoms with E-state index in [1.807, 2.05) is 12.1 Å². The molecule has 0 saturated carbocycles. The molecule has 1 aromatic heterocycles. The van der Waals surface area contributed by atoms with Crippen LogP contribution in [-0.2, 0) is 11.2 Å². The maximum Gasteiger partial charge on any atom is 0.319 e. The molecule has 3 rings (SSSR count). The molecule has 1 aromatic carbocycles. The van der Waals surface area contributed by atoms with Crippen molar-refractivity contribution >= 4 is 29.3 Å². The van der Waals surface area contributed by atoms with Crippen molar-refractivity contribution in [2.75, 3.05) is 29.0 Å². The van der Waals surface area contributed by atoms with Gasteiger partial charge in [-0.2, -0.15) is 4.98 Å². The van der Waals surface area contributed by atoms with Gasteiger partial charge in [-0.1, -0.05) is 6.07 Å². The lowest BCUT2D eigenvalue weighted by molar-refractivity contribution is -0.117. The minimum atomic E-state index is -0.326. The van der Waals surface area contributed by atoms with E-state index in [2.05, 4.69) is 25.8 Å². The fraction of sp³-hybridized carbons (Fsp3) is 0.333. The third kappa shape index (κ3) is 3.80. The predicted molar refractivity (Wildman–Crippen MR) is 89.5 cm³/mol. The smallest absolute Gasteiger partial charge is 0.319 e. The van der Waals surface area contributed by atoms with E-state index in [1.165, 1.54) is 0 Å². The first kappa shape index (κ1) is 15.8. The van der Waals surface area contributed by atoms with Crippen LogP contribution >= 0.6 is 0 Å². The highest BCUT2D eigenvalue weighted by Crippen LogP contribution is 2.24. The van der Waals surface area contributed by atoms with Gasteiger partial charge in [-0.25, -0.2) is 4.79 Å². The fourth-order valence-corrected chi connectivity index (χ4v) is 2.56. The molecule has 3 amide bonds. The largest absolute Gasteiger partial charge is 0.367 e. The number of rotatable bonds is 5. The molecular formula is C15H19N7O2. The maximum atomic E-state index is 11.9. The van der Waals surface area contributed by atoms with Crippen LogP contribution in [0.25, 0.3) is 0 Å². The van der Waals surface area contributed by atoms with Crippen molar-refractivity contribution < 1.29 is 9.59 Å². The lowest BCUT2D eigenvalue weighted by Crippen LogP contribution is -2.30. The molecule has 9 heteroatoms. The van der Waals surface area contributed by atoms with Gasteiger partial charge < -0.3 is 21.3 Å². The van der Waals surface area contributed by atoms with Crippen molar-refractivity contribution in [1.29, 1.82) is 0 Å². The van der Waals surface area contributed by atoms with Crippen molar-refractivity contribution in [3.63, 3.8) is 0 Å². The van der Waals surface area contributed by atoms with Gasteiger partial charge in [0.05, 0.1) is 0 Å². The van der Waals surface area contributed by atoms with Crippen LogP contribution < -0.4 is 21.3 Å². The number of anilines is 3. The summed E-state index contributed by atoms with van der Waals surface area (Å²) in [4.78, 5) is 29.4. The Kier molecular flexibility index (Phi) is 4.59. The normalized spacial score (nSPS) is 14.0. The Morgan fingerprint density at radius 2 is 2.29 bits per heavy atom. The lowest BCUT2D eigenvalue weighted by atomic mass is 10.2. The van der Waals surface area contributed by atoms with Crippen LogP contribution in [0, 0.1) is 0 Å². The Morgan fingerprint density at radius 1 is 1.42 bits per heavy atom. The highest BCUT2D eigenvalue weighted by Gasteiger charge is 2.21. The van der Waals surface area contributed by atoms with Crippen LogP contribution in [0.2, 0.25) is 0 Å². The van der Waals surface area contributed by atoms with Gasteiger partial charge in [0.2, 0.25) is 11.9 Å². The molecule has 9 nitrogen and oxygen atoms in total. The van der Waals surface area contributed by atoms with Gasteiger partial charge in [-0.3, -0.25) is 9.89 Å². The summed E-state index contributed by atoms with van der Waals surface area (Å²) in [5.74, 6) is 0.910. The van der Waals surface area contributed by atoms with Crippen molar-refractivity contribution in [3.05, 3.63) is 30.1 Å². The highest BCUT2D eigenvalue weighted by atomic mass is 16.2. The molecule has 1 fully saturated rings. The molecule has 5 N–H and O–H groups in total. The summed E-state index contributed by atoms with van der Waals surface area (Å²) in [7, 11) is 0. The van der Waals surface area contributed by atoms with Gasteiger partial charge in [0.25, 0.3) is 0 Å². The van der Waals surface area contributed by atoms with Crippen molar-refractivity contribution in [2.24, 2.45) is 0 Å². The van der Waals surface area contributed by atoms with Gasteiger partial charge >= 0.3 is 6.03 Å². The van der Waals surface area contributed by atoms with E-state index in [1.54, 1.807) is 17.0 Å². The van der Waals surface area contributed by atoms with Gasteiger partial charge in [0.1, 0.15) is 5.82 Å². The second-order valence-corrected chi connectivity index (χ2v) is 5.47. The fourth-order valence-electron chi connectivity index (χ4n) is 2.56. The second kappa shape index (κ2) is 6.99. The van der Waals surface area contributed by atoms with E-state index in [0.29, 0.717) is 30.9 Å². The molecule has 0 radical (unpaired) electrons. The number of hydrogen-bond acceptors (Lipinski definition) is 5. The molecule has 0 spiro atoms. The number of nitrogens with one attached hydrogen (secondary N) is 3. The SMILES string of the molecule is Nc1n[nH]c(CCNC(=O)Nc2cccc(N3CCCC3=O)c2)n1. The number of H-pyrrole nitrogens is 1. The van der Waals surface area contributed by atoms with E-state index in [-0.39, 0.29) is 17.9 Å². The summed E-state index contributed by atoms with van der Waals surface area (Å²) in [5, 5.41) is 11.9. The zero-order valence-electron chi connectivity index (χ0n) is 13.1. The Bertz CT molecular complexity index is 743. The maximum absolute atomic E-state index is 11.9. The molecule has 2 heterocycles. The Labute approximate surface area is 138 Å². The van der Waals surface area contributed by atoms with Crippen molar-refractivity contribution in [1.82, 2.24) is 20.5 Å². The summed E-state index contributed by atoms with van der Waals surface area (Å²) in [6.45, 7) is 1.11. The van der Waals surface area contributed by atoms with E-state index in [0.717, 1.165) is 18.7 Å². The summed E-state index contributed by atoms with van der Waals surface area (Å²) < 4.78 is 0. The number of aromatic amines is 1. The number of aromatic nitrogens is 3. The lowest BCUT2D eigenvalue weighted by Gasteiger charge is -2.16. The van der Waals surface area contributed by atoms with E-state index < -0.39 is 0 Å². The average Bonchev–Trinajstić information content (AvgIpc) is 3.16. The minimum absolute atomic E-state index is 0.114. The number of nitrogens with zero attached hydrogens (tertiary/aromatic N) is 3. The number of amides is 3. The van der Waals surface area contributed by atoms with Gasteiger partial charge in [-0.15, -0.1) is 5.10 Å². The van der Waals surface area contributed by atoms with Crippen molar-refractivity contribution in [2.45, 2.75) is 19.3 Å². The summed E-state index contributed by atoms with van der Waals surface area (Å²) in [6, 6.07) is 6.92. The second-order valence-electron chi connectivity index (χ2n) is 5.47. The zero-order chi connectivity index (χ0) is 16.9. The molecule has 0 aliphatic carbocycles. The first-order valence-electron chi connectivity index (χ1n) is 7.74. The molecule has 1 aliphatic rings. The number of carbonyl (C=O) groups is 2. The number of nitrogens with two attached hydrogens (primary N) is 1. The number of carbonyl (C=O) groups excluding carboxylic acids is 2. The van der Waals surface area contributed by atoms with Crippen LogP contribution in [-0.4, -0.2) is 40.2 Å². The molecule has 126 valence electrons. The number of hydrogen-bond donors (Lipinski definition) is 4. The molecule has 0 unspecified atom stereocenters. The third-order valence-electron chi connectivity index (χ3n) is 3.69. The molecular weight excluding hydrogens is 310 g/mol. The first-order chi connectivity index (χ1) is 11.6. The summed E-state index contributed by atoms with van der Waals surface area (Å²) in [6.07, 6.45) is 1.94. The summed E-state index contributed by atoms with van der Waals surface area (Å²) in [5.41, 5.74) is 6.84. The first-order valence-corrected chi connectivity index (χ1v) is 7.74. The third-order valence-corrected chi connectivity index (χ3v) is 3.69. The van der Waals surface area contributed by atoms with Crippen molar-refractivity contribution in [3.8, 4) is 0 Å². The summed E-state index contributed by atoms with van der Waals surface area (Å²) >= 11 is 0.